The number of benzene rings is 1. The number of alkyl halides is 3. The topological polar surface area (TPSA) is 80.0 Å². The summed E-state index contributed by atoms with van der Waals surface area (Å²) in [6.07, 6.45) is -1.35. The van der Waals surface area contributed by atoms with Gasteiger partial charge >= 0.3 is 6.18 Å². The number of aromatic nitrogens is 4. The van der Waals surface area contributed by atoms with Crippen LogP contribution >= 0.6 is 11.3 Å². The lowest BCUT2D eigenvalue weighted by Crippen LogP contribution is -2.36. The van der Waals surface area contributed by atoms with Gasteiger partial charge in [0.25, 0.3) is 0 Å². The molecular formula is C16H16F3N7S. The maximum atomic E-state index is 12.6. The van der Waals surface area contributed by atoms with E-state index in [-0.39, 0.29) is 6.54 Å². The Morgan fingerprint density at radius 2 is 1.93 bits per heavy atom. The van der Waals surface area contributed by atoms with Crippen molar-refractivity contribution < 1.29 is 13.2 Å². The second-order valence-corrected chi connectivity index (χ2v) is 6.35. The smallest absolute Gasteiger partial charge is 0.352 e. The van der Waals surface area contributed by atoms with Crippen molar-refractivity contribution in [3.63, 3.8) is 0 Å². The molecule has 142 valence electrons. The number of hydrogen-bond acceptors (Lipinski definition) is 5. The summed E-state index contributed by atoms with van der Waals surface area (Å²) in [7, 11) is 1.59. The molecule has 11 heteroatoms. The van der Waals surface area contributed by atoms with E-state index in [0.29, 0.717) is 17.5 Å². The SMILES string of the molecule is CN=C(NCc1ccc(-n2cncn2)cc1)NCc1nc(C(F)(F)F)cs1. The number of nitrogens with zero attached hydrogens (tertiary/aromatic N) is 5. The standard InChI is InChI=1S/C16H16F3N7S/c1-20-15(23-7-14-25-13(8-27-14)16(17,18)19)22-6-11-2-4-12(5-3-11)26-10-21-9-24-26/h2-5,8-10H,6-7H2,1H3,(H2,20,22,23). The van der Waals surface area contributed by atoms with Gasteiger partial charge in [0.1, 0.15) is 17.7 Å². The zero-order chi connectivity index (χ0) is 19.3. The predicted molar refractivity (Wildman–Crippen MR) is 95.5 cm³/mol. The average Bonchev–Trinajstić information content (AvgIpc) is 3.34. The summed E-state index contributed by atoms with van der Waals surface area (Å²) in [5, 5.41) is 11.5. The van der Waals surface area contributed by atoms with E-state index in [2.05, 4.69) is 30.7 Å². The van der Waals surface area contributed by atoms with Crippen molar-refractivity contribution >= 4 is 17.3 Å². The van der Waals surface area contributed by atoms with E-state index in [1.165, 1.54) is 6.33 Å². The summed E-state index contributed by atoms with van der Waals surface area (Å²) < 4.78 is 39.4. The maximum absolute atomic E-state index is 12.6. The fourth-order valence-corrected chi connectivity index (χ4v) is 2.94. The van der Waals surface area contributed by atoms with Crippen molar-refractivity contribution in [2.45, 2.75) is 19.3 Å². The molecule has 0 aliphatic rings. The molecule has 2 N–H and O–H groups in total. The third-order valence-corrected chi connectivity index (χ3v) is 4.40. The van der Waals surface area contributed by atoms with Crippen molar-refractivity contribution in [3.8, 4) is 5.69 Å². The van der Waals surface area contributed by atoms with Crippen LogP contribution in [-0.2, 0) is 19.3 Å². The number of thiazole rings is 1. The maximum Gasteiger partial charge on any atom is 0.434 e. The fraction of sp³-hybridized carbons (Fsp3) is 0.250. The Balaban J connectivity index is 1.51. The van der Waals surface area contributed by atoms with Gasteiger partial charge in [0.2, 0.25) is 0 Å². The van der Waals surface area contributed by atoms with Crippen molar-refractivity contribution in [2.24, 2.45) is 4.99 Å². The van der Waals surface area contributed by atoms with E-state index in [0.717, 1.165) is 28.0 Å². The largest absolute Gasteiger partial charge is 0.434 e. The van der Waals surface area contributed by atoms with E-state index in [9.17, 15) is 13.2 Å². The zero-order valence-corrected chi connectivity index (χ0v) is 15.1. The molecular weight excluding hydrogens is 379 g/mol. The molecule has 0 spiro atoms. The molecule has 0 saturated heterocycles. The van der Waals surface area contributed by atoms with E-state index >= 15 is 0 Å². The molecule has 0 saturated carbocycles. The Bertz CT molecular complexity index is 886. The summed E-state index contributed by atoms with van der Waals surface area (Å²) in [5.41, 5.74) is 1.03. The van der Waals surface area contributed by atoms with E-state index < -0.39 is 11.9 Å². The first kappa shape index (κ1) is 18.8. The summed E-state index contributed by atoms with van der Waals surface area (Å²) in [4.78, 5) is 11.5. The van der Waals surface area contributed by atoms with Crippen molar-refractivity contribution in [1.82, 2.24) is 30.4 Å². The van der Waals surface area contributed by atoms with Gasteiger partial charge in [-0.25, -0.2) is 14.6 Å². The number of rotatable bonds is 5. The van der Waals surface area contributed by atoms with Gasteiger partial charge in [-0.1, -0.05) is 12.1 Å². The Labute approximate surface area is 157 Å². The number of guanidine groups is 1. The normalized spacial score (nSPS) is 12.2. The van der Waals surface area contributed by atoms with Gasteiger partial charge in [-0.2, -0.15) is 18.3 Å². The van der Waals surface area contributed by atoms with Crippen molar-refractivity contribution in [2.75, 3.05) is 7.05 Å². The summed E-state index contributed by atoms with van der Waals surface area (Å²) in [5.74, 6) is 0.471. The second kappa shape index (κ2) is 8.16. The Kier molecular flexibility index (Phi) is 5.69. The lowest BCUT2D eigenvalue weighted by Gasteiger charge is -2.11. The Hall–Kier alpha value is -2.95. The first-order chi connectivity index (χ1) is 13.0. The number of aliphatic imine (C=N–C) groups is 1. The molecule has 0 amide bonds. The molecule has 3 aromatic rings. The van der Waals surface area contributed by atoms with Gasteiger partial charge in [-0.3, -0.25) is 4.99 Å². The van der Waals surface area contributed by atoms with E-state index in [1.807, 2.05) is 24.3 Å². The molecule has 0 aliphatic carbocycles. The minimum atomic E-state index is -4.42. The van der Waals surface area contributed by atoms with Crippen LogP contribution in [0.5, 0.6) is 0 Å². The average molecular weight is 395 g/mol. The first-order valence-electron chi connectivity index (χ1n) is 7.86. The third-order valence-electron chi connectivity index (χ3n) is 3.55. The molecule has 0 fully saturated rings. The highest BCUT2D eigenvalue weighted by Crippen LogP contribution is 2.29. The number of nitrogens with one attached hydrogen (secondary N) is 2. The highest BCUT2D eigenvalue weighted by molar-refractivity contribution is 7.09. The molecule has 7 nitrogen and oxygen atoms in total. The highest BCUT2D eigenvalue weighted by Gasteiger charge is 2.33. The lowest BCUT2D eigenvalue weighted by molar-refractivity contribution is -0.140. The van der Waals surface area contributed by atoms with Crippen LogP contribution in [0.4, 0.5) is 13.2 Å². The van der Waals surface area contributed by atoms with Crippen LogP contribution in [0, 0.1) is 0 Å². The van der Waals surface area contributed by atoms with Crippen LogP contribution in [-0.4, -0.2) is 32.8 Å². The molecule has 27 heavy (non-hydrogen) atoms. The van der Waals surface area contributed by atoms with E-state index in [1.54, 1.807) is 18.1 Å². The molecule has 0 radical (unpaired) electrons. The zero-order valence-electron chi connectivity index (χ0n) is 14.2. The van der Waals surface area contributed by atoms with Crippen LogP contribution in [0.2, 0.25) is 0 Å². The third kappa shape index (κ3) is 5.03. The number of halogens is 3. The van der Waals surface area contributed by atoms with Crippen molar-refractivity contribution in [1.29, 1.82) is 0 Å². The minimum absolute atomic E-state index is 0.158. The first-order valence-corrected chi connectivity index (χ1v) is 8.74. The second-order valence-electron chi connectivity index (χ2n) is 5.41. The van der Waals surface area contributed by atoms with Gasteiger partial charge in [-0.15, -0.1) is 11.3 Å². The lowest BCUT2D eigenvalue weighted by atomic mass is 10.2. The fourth-order valence-electron chi connectivity index (χ4n) is 2.20. The van der Waals surface area contributed by atoms with E-state index in [4.69, 9.17) is 0 Å². The van der Waals surface area contributed by atoms with Crippen LogP contribution in [0.1, 0.15) is 16.3 Å². The monoisotopic (exact) mass is 395 g/mol. The molecule has 1 aromatic carbocycles. The van der Waals surface area contributed by atoms with Gasteiger partial charge in [0.15, 0.2) is 11.7 Å². The molecule has 0 atom stereocenters. The number of hydrogen-bond donors (Lipinski definition) is 2. The van der Waals surface area contributed by atoms with Crippen LogP contribution < -0.4 is 10.6 Å². The quantitative estimate of drug-likeness (QED) is 0.513. The molecule has 0 bridgehead atoms. The van der Waals surface area contributed by atoms with Crippen LogP contribution in [0.3, 0.4) is 0 Å². The predicted octanol–water partition coefficient (Wildman–Crippen LogP) is 2.61. The van der Waals surface area contributed by atoms with Crippen molar-refractivity contribution in [3.05, 3.63) is 58.6 Å². The molecule has 0 unspecified atom stereocenters. The van der Waals surface area contributed by atoms with Crippen LogP contribution in [0.15, 0.2) is 47.3 Å². The minimum Gasteiger partial charge on any atom is -0.352 e. The summed E-state index contributed by atoms with van der Waals surface area (Å²) in [6.45, 7) is 0.661. The van der Waals surface area contributed by atoms with Gasteiger partial charge < -0.3 is 10.6 Å². The summed E-state index contributed by atoms with van der Waals surface area (Å²) in [6, 6.07) is 7.70. The Morgan fingerprint density at radius 1 is 1.19 bits per heavy atom. The summed E-state index contributed by atoms with van der Waals surface area (Å²) >= 11 is 0.954. The highest BCUT2D eigenvalue weighted by atomic mass is 32.1. The Morgan fingerprint density at radius 3 is 2.52 bits per heavy atom. The molecule has 3 rings (SSSR count). The van der Waals surface area contributed by atoms with Gasteiger partial charge in [0, 0.05) is 19.0 Å². The van der Waals surface area contributed by atoms with Gasteiger partial charge in [-0.05, 0) is 17.7 Å². The molecule has 0 aliphatic heterocycles. The van der Waals surface area contributed by atoms with Crippen LogP contribution in [0.25, 0.3) is 5.69 Å². The van der Waals surface area contributed by atoms with Gasteiger partial charge in [0.05, 0.1) is 12.2 Å². The molecule has 2 aromatic heterocycles. The molecule has 2 heterocycles.